The number of ether oxygens (including phenoxy) is 1. The molecule has 0 radical (unpaired) electrons. The van der Waals surface area contributed by atoms with E-state index in [-0.39, 0.29) is 17.6 Å². The summed E-state index contributed by atoms with van der Waals surface area (Å²) in [7, 11) is 4.21. The van der Waals surface area contributed by atoms with E-state index in [4.69, 9.17) is 4.74 Å². The fourth-order valence-electron chi connectivity index (χ4n) is 4.37. The van der Waals surface area contributed by atoms with Crippen LogP contribution in [0.4, 0.5) is 4.79 Å². The minimum atomic E-state index is -0.380. The summed E-state index contributed by atoms with van der Waals surface area (Å²) in [5.41, 5.74) is -0.380. The molecule has 7 nitrogen and oxygen atoms in total. The normalized spacial score (nSPS) is 25.9. The molecule has 2 amide bonds. The van der Waals surface area contributed by atoms with Crippen molar-refractivity contribution in [3.05, 3.63) is 0 Å². The molecule has 0 aromatic carbocycles. The van der Waals surface area contributed by atoms with E-state index in [1.165, 1.54) is 0 Å². The summed E-state index contributed by atoms with van der Waals surface area (Å²) < 4.78 is 5.77. The van der Waals surface area contributed by atoms with Crippen LogP contribution in [0.5, 0.6) is 0 Å². The first-order valence-electron chi connectivity index (χ1n) is 10.4. The summed E-state index contributed by atoms with van der Waals surface area (Å²) >= 11 is 0. The third kappa shape index (κ3) is 4.93. The lowest BCUT2D eigenvalue weighted by Crippen LogP contribution is -2.50. The van der Waals surface area contributed by atoms with Gasteiger partial charge in [0.25, 0.3) is 0 Å². The largest absolute Gasteiger partial charge is 0.441 e. The fourth-order valence-corrected chi connectivity index (χ4v) is 4.37. The summed E-state index contributed by atoms with van der Waals surface area (Å²) in [5.74, 6) is 0.789. The highest BCUT2D eigenvalue weighted by molar-refractivity contribution is 5.78. The van der Waals surface area contributed by atoms with E-state index in [9.17, 15) is 9.59 Å². The molecule has 3 aliphatic heterocycles. The molecule has 3 heterocycles. The van der Waals surface area contributed by atoms with Gasteiger partial charge in [-0.25, -0.2) is 4.79 Å². The van der Waals surface area contributed by atoms with Crippen molar-refractivity contribution in [3.8, 4) is 0 Å². The average Bonchev–Trinajstić information content (AvgIpc) is 3.18. The van der Waals surface area contributed by atoms with Crippen molar-refractivity contribution in [2.75, 3.05) is 59.9 Å². The van der Waals surface area contributed by atoms with Gasteiger partial charge in [-0.1, -0.05) is 13.8 Å². The van der Waals surface area contributed by atoms with Gasteiger partial charge in [-0.15, -0.1) is 0 Å². The molecular weight excluding hydrogens is 344 g/mol. The molecule has 154 valence electrons. The predicted molar refractivity (Wildman–Crippen MR) is 105 cm³/mol. The van der Waals surface area contributed by atoms with Gasteiger partial charge in [-0.2, -0.15) is 0 Å². The van der Waals surface area contributed by atoms with E-state index < -0.39 is 0 Å². The second-order valence-corrected chi connectivity index (χ2v) is 9.18. The molecule has 0 aliphatic carbocycles. The van der Waals surface area contributed by atoms with Crippen LogP contribution in [-0.4, -0.2) is 103 Å². The van der Waals surface area contributed by atoms with Crippen LogP contribution >= 0.6 is 0 Å². The number of hydrogen-bond donors (Lipinski definition) is 0. The molecule has 0 bridgehead atoms. The number of amides is 2. The highest BCUT2D eigenvalue weighted by atomic mass is 16.6. The molecule has 7 heteroatoms. The molecule has 0 aromatic heterocycles. The maximum atomic E-state index is 12.7. The SMILES string of the molecule is CC(C)CCN1CC2(CCN(C(=O)CN3CCC(N(C)C)C3)CC2)OC1=O. The molecule has 1 unspecified atom stereocenters. The third-order valence-electron chi connectivity index (χ3n) is 6.38. The van der Waals surface area contributed by atoms with Crippen LogP contribution in [-0.2, 0) is 9.53 Å². The molecule has 3 rings (SSSR count). The van der Waals surface area contributed by atoms with Crippen LogP contribution in [0.25, 0.3) is 0 Å². The molecule has 0 aromatic rings. The zero-order chi connectivity index (χ0) is 19.6. The van der Waals surface area contributed by atoms with Crippen LogP contribution in [0.3, 0.4) is 0 Å². The summed E-state index contributed by atoms with van der Waals surface area (Å²) in [6.45, 7) is 9.64. The van der Waals surface area contributed by atoms with Crippen molar-refractivity contribution in [3.63, 3.8) is 0 Å². The Morgan fingerprint density at radius 3 is 2.56 bits per heavy atom. The van der Waals surface area contributed by atoms with Crippen LogP contribution in [0.1, 0.15) is 39.5 Å². The van der Waals surface area contributed by atoms with Crippen molar-refractivity contribution in [1.82, 2.24) is 19.6 Å². The van der Waals surface area contributed by atoms with E-state index in [1.54, 1.807) is 0 Å². The lowest BCUT2D eigenvalue weighted by Gasteiger charge is -2.38. The zero-order valence-electron chi connectivity index (χ0n) is 17.4. The molecule has 27 heavy (non-hydrogen) atoms. The van der Waals surface area contributed by atoms with Crippen LogP contribution in [0.2, 0.25) is 0 Å². The number of rotatable bonds is 6. The minimum absolute atomic E-state index is 0.178. The Morgan fingerprint density at radius 1 is 1.26 bits per heavy atom. The van der Waals surface area contributed by atoms with E-state index in [1.807, 2.05) is 9.80 Å². The maximum Gasteiger partial charge on any atom is 0.410 e. The number of likely N-dealkylation sites (tertiary alicyclic amines) is 2. The Hall–Kier alpha value is -1.34. The predicted octanol–water partition coefficient (Wildman–Crippen LogP) is 1.48. The number of carbonyl (C=O) groups excluding carboxylic acids is 2. The van der Waals surface area contributed by atoms with Crippen molar-refractivity contribution >= 4 is 12.0 Å². The van der Waals surface area contributed by atoms with Gasteiger partial charge in [0.2, 0.25) is 5.91 Å². The Morgan fingerprint density at radius 2 is 1.96 bits per heavy atom. The van der Waals surface area contributed by atoms with Gasteiger partial charge in [0, 0.05) is 51.6 Å². The second kappa shape index (κ2) is 8.35. The Bertz CT molecular complexity index is 543. The van der Waals surface area contributed by atoms with Crippen molar-refractivity contribution in [2.24, 2.45) is 5.92 Å². The highest BCUT2D eigenvalue weighted by Crippen LogP contribution is 2.33. The fraction of sp³-hybridized carbons (Fsp3) is 0.900. The zero-order valence-corrected chi connectivity index (χ0v) is 17.4. The summed E-state index contributed by atoms with van der Waals surface area (Å²) in [6, 6.07) is 0.553. The standard InChI is InChI=1S/C20H36N4O3/c1-16(2)5-10-24-15-20(27-19(24)26)7-11-23(12-8-20)18(25)14-22-9-6-17(13-22)21(3)4/h16-17H,5-15H2,1-4H3. The quantitative estimate of drug-likeness (QED) is 0.699. The van der Waals surface area contributed by atoms with Crippen LogP contribution in [0.15, 0.2) is 0 Å². The van der Waals surface area contributed by atoms with Crippen LogP contribution < -0.4 is 0 Å². The van der Waals surface area contributed by atoms with Gasteiger partial charge in [0.15, 0.2) is 0 Å². The second-order valence-electron chi connectivity index (χ2n) is 9.18. The molecule has 3 saturated heterocycles. The molecule has 3 aliphatic rings. The number of carbonyl (C=O) groups is 2. The first kappa shape index (κ1) is 20.4. The third-order valence-corrected chi connectivity index (χ3v) is 6.38. The van der Waals surface area contributed by atoms with E-state index in [0.717, 1.165) is 45.3 Å². The molecule has 0 saturated carbocycles. The average molecular weight is 381 g/mol. The van der Waals surface area contributed by atoms with Crippen LogP contribution in [0, 0.1) is 5.92 Å². The van der Waals surface area contributed by atoms with Gasteiger partial charge in [-0.05, 0) is 32.9 Å². The number of nitrogens with zero attached hydrogens (tertiary/aromatic N) is 4. The first-order chi connectivity index (χ1) is 12.8. The molecule has 3 fully saturated rings. The minimum Gasteiger partial charge on any atom is -0.441 e. The number of piperidine rings is 1. The lowest BCUT2D eigenvalue weighted by molar-refractivity contribution is -0.135. The summed E-state index contributed by atoms with van der Waals surface area (Å²) in [4.78, 5) is 33.2. The number of likely N-dealkylation sites (N-methyl/N-ethyl adjacent to an activating group) is 1. The molecule has 1 spiro atoms. The molecule has 0 N–H and O–H groups in total. The summed E-state index contributed by atoms with van der Waals surface area (Å²) in [6.07, 6.45) is 3.46. The highest BCUT2D eigenvalue weighted by Gasteiger charge is 2.47. The Kier molecular flexibility index (Phi) is 6.31. The lowest BCUT2D eigenvalue weighted by atomic mass is 9.91. The molecular formula is C20H36N4O3. The van der Waals surface area contributed by atoms with Crippen molar-refractivity contribution in [2.45, 2.75) is 51.2 Å². The number of hydrogen-bond acceptors (Lipinski definition) is 5. The van der Waals surface area contributed by atoms with Gasteiger partial charge in [0.05, 0.1) is 13.1 Å². The van der Waals surface area contributed by atoms with Crippen molar-refractivity contribution in [1.29, 1.82) is 0 Å². The maximum absolute atomic E-state index is 12.7. The van der Waals surface area contributed by atoms with Gasteiger partial charge in [-0.3, -0.25) is 9.69 Å². The van der Waals surface area contributed by atoms with Gasteiger partial charge < -0.3 is 19.4 Å². The van der Waals surface area contributed by atoms with E-state index in [2.05, 4.69) is 37.7 Å². The monoisotopic (exact) mass is 380 g/mol. The topological polar surface area (TPSA) is 56.3 Å². The van der Waals surface area contributed by atoms with Gasteiger partial charge in [0.1, 0.15) is 5.60 Å². The van der Waals surface area contributed by atoms with E-state index in [0.29, 0.717) is 38.1 Å². The van der Waals surface area contributed by atoms with Crippen molar-refractivity contribution < 1.29 is 14.3 Å². The smallest absolute Gasteiger partial charge is 0.410 e. The Labute approximate surface area is 163 Å². The van der Waals surface area contributed by atoms with E-state index >= 15 is 0 Å². The van der Waals surface area contributed by atoms with Gasteiger partial charge >= 0.3 is 6.09 Å². The Balaban J connectivity index is 1.45. The summed E-state index contributed by atoms with van der Waals surface area (Å²) in [5, 5.41) is 0. The molecule has 1 atom stereocenters. The first-order valence-corrected chi connectivity index (χ1v) is 10.4.